The van der Waals surface area contributed by atoms with Crippen molar-refractivity contribution in [3.05, 3.63) is 35.9 Å². The molecule has 9 atom stereocenters. The SMILES string of the molecule is C=C[C@]1(C)C[C@@H](C(Oc2ccc3c(c2C)B(O)OC3)C(=O)O)[C@@]2(C)[C@H](C)CC[C@]3(CCC(=O)[C@H]32)[C@@H](C)[C@@H]1O. The van der Waals surface area contributed by atoms with E-state index >= 15 is 0 Å². The third-order valence-electron chi connectivity index (χ3n) is 11.5. The van der Waals surface area contributed by atoms with E-state index in [-0.39, 0.29) is 35.6 Å². The van der Waals surface area contributed by atoms with Gasteiger partial charge < -0.3 is 24.6 Å². The molecule has 3 fully saturated rings. The molecule has 4 aliphatic rings. The highest BCUT2D eigenvalue weighted by Crippen LogP contribution is 2.69. The molecule has 0 aromatic heterocycles. The van der Waals surface area contributed by atoms with E-state index < -0.39 is 42.0 Å². The maximum Gasteiger partial charge on any atom is 0.492 e. The minimum Gasteiger partial charge on any atom is -0.478 e. The first-order chi connectivity index (χ1) is 17.8. The van der Waals surface area contributed by atoms with E-state index in [0.29, 0.717) is 29.6 Å². The van der Waals surface area contributed by atoms with Crippen LogP contribution in [0.1, 0.15) is 70.9 Å². The fourth-order valence-electron chi connectivity index (χ4n) is 8.97. The molecule has 0 amide bonds. The number of ether oxygens (including phenoxy) is 1. The highest BCUT2D eigenvalue weighted by molar-refractivity contribution is 6.62. The first-order valence-corrected chi connectivity index (χ1v) is 14.0. The third-order valence-corrected chi connectivity index (χ3v) is 11.5. The molecule has 0 spiro atoms. The standard InChI is InChI=1S/C30H41BO7/c1-7-28(5)14-20(24(27(34)35)38-22-9-8-19-15-37-31(36)23(19)17(22)3)29(6)16(2)10-12-30(18(4)26(28)33)13-11-21(32)25(29)30/h7-9,16,18,20,24-26,33,36H,1,10-15H2,2-6H3,(H,34,35)/t16-,18+,20+,24?,25+,26+,28-,29-,30+/m1/s1. The molecular formula is C30H41BO7. The Labute approximate surface area is 225 Å². The van der Waals surface area contributed by atoms with Crippen molar-refractivity contribution in [1.82, 2.24) is 0 Å². The van der Waals surface area contributed by atoms with Gasteiger partial charge in [-0.15, -0.1) is 6.58 Å². The van der Waals surface area contributed by atoms with E-state index in [0.717, 1.165) is 24.8 Å². The molecule has 3 N–H and O–H groups in total. The molecule has 7 nitrogen and oxygen atoms in total. The van der Waals surface area contributed by atoms with Gasteiger partial charge in [0.25, 0.3) is 0 Å². The van der Waals surface area contributed by atoms with E-state index in [1.165, 1.54) is 0 Å². The maximum atomic E-state index is 13.7. The van der Waals surface area contributed by atoms with Crippen LogP contribution in [0.5, 0.6) is 5.75 Å². The van der Waals surface area contributed by atoms with E-state index in [4.69, 9.17) is 9.39 Å². The summed E-state index contributed by atoms with van der Waals surface area (Å²) in [5, 5.41) is 32.8. The second-order valence-electron chi connectivity index (χ2n) is 13.0. The second-order valence-corrected chi connectivity index (χ2v) is 13.0. The monoisotopic (exact) mass is 524 g/mol. The van der Waals surface area contributed by atoms with Gasteiger partial charge in [-0.3, -0.25) is 4.79 Å². The second kappa shape index (κ2) is 9.21. The number of benzene rings is 1. The van der Waals surface area contributed by atoms with Crippen molar-refractivity contribution in [3.63, 3.8) is 0 Å². The fourth-order valence-corrected chi connectivity index (χ4v) is 8.97. The average molecular weight is 524 g/mol. The number of rotatable bonds is 5. The van der Waals surface area contributed by atoms with Gasteiger partial charge >= 0.3 is 13.1 Å². The van der Waals surface area contributed by atoms with Gasteiger partial charge in [-0.1, -0.05) is 39.8 Å². The molecular weight excluding hydrogens is 483 g/mol. The van der Waals surface area contributed by atoms with Gasteiger partial charge in [0.15, 0.2) is 6.10 Å². The van der Waals surface area contributed by atoms with Gasteiger partial charge in [0.2, 0.25) is 0 Å². The van der Waals surface area contributed by atoms with Gasteiger partial charge in [0.1, 0.15) is 11.5 Å². The first kappa shape index (κ1) is 27.4. The quantitative estimate of drug-likeness (QED) is 0.398. The number of hydrogen-bond acceptors (Lipinski definition) is 6. The van der Waals surface area contributed by atoms with Gasteiger partial charge in [-0.2, -0.15) is 0 Å². The summed E-state index contributed by atoms with van der Waals surface area (Å²) in [4.78, 5) is 26.8. The molecule has 1 aromatic carbocycles. The number of hydrogen-bond donors (Lipinski definition) is 3. The Morgan fingerprint density at radius 2 is 2.00 bits per heavy atom. The van der Waals surface area contributed by atoms with E-state index in [2.05, 4.69) is 27.4 Å². The van der Waals surface area contributed by atoms with Crippen molar-refractivity contribution in [1.29, 1.82) is 0 Å². The van der Waals surface area contributed by atoms with E-state index in [1.54, 1.807) is 25.1 Å². The molecule has 206 valence electrons. The fraction of sp³-hybridized carbons (Fsp3) is 0.667. The summed E-state index contributed by atoms with van der Waals surface area (Å²) in [6.07, 6.45) is 2.96. The molecule has 1 heterocycles. The van der Waals surface area contributed by atoms with Gasteiger partial charge in [0, 0.05) is 23.7 Å². The lowest BCUT2D eigenvalue weighted by Gasteiger charge is -2.63. The molecule has 38 heavy (non-hydrogen) atoms. The summed E-state index contributed by atoms with van der Waals surface area (Å²) in [6.45, 7) is 14.4. The molecule has 0 radical (unpaired) electrons. The number of aliphatic hydroxyl groups excluding tert-OH is 1. The zero-order valence-electron chi connectivity index (χ0n) is 23.2. The minimum atomic E-state index is -1.26. The predicted octanol–water partition coefficient (Wildman–Crippen LogP) is 3.66. The van der Waals surface area contributed by atoms with Crippen molar-refractivity contribution in [2.75, 3.05) is 0 Å². The number of carboxylic acid groups (broad SMARTS) is 1. The van der Waals surface area contributed by atoms with Crippen molar-refractivity contribution < 1.29 is 34.2 Å². The van der Waals surface area contributed by atoms with Crippen LogP contribution in [0, 0.1) is 46.8 Å². The Hall–Kier alpha value is -2.16. The molecule has 3 saturated carbocycles. The highest BCUT2D eigenvalue weighted by Gasteiger charge is 2.69. The molecule has 1 unspecified atom stereocenters. The third kappa shape index (κ3) is 3.66. The molecule has 3 aliphatic carbocycles. The van der Waals surface area contributed by atoms with Crippen LogP contribution in [0.25, 0.3) is 0 Å². The number of aliphatic hydroxyl groups is 1. The number of aliphatic carboxylic acids is 1. The molecule has 0 saturated heterocycles. The number of ketones is 1. The highest BCUT2D eigenvalue weighted by atomic mass is 16.5. The van der Waals surface area contributed by atoms with Crippen molar-refractivity contribution in [3.8, 4) is 5.75 Å². The zero-order chi connectivity index (χ0) is 27.8. The average Bonchev–Trinajstić information content (AvgIpc) is 3.44. The summed E-state index contributed by atoms with van der Waals surface area (Å²) in [5.41, 5.74) is 0.325. The van der Waals surface area contributed by atoms with Crippen LogP contribution in [0.15, 0.2) is 24.8 Å². The molecule has 1 aromatic rings. The smallest absolute Gasteiger partial charge is 0.478 e. The van der Waals surface area contributed by atoms with Crippen molar-refractivity contribution >= 4 is 24.3 Å². The molecule has 8 heteroatoms. The van der Waals surface area contributed by atoms with Crippen LogP contribution in [0.2, 0.25) is 0 Å². The predicted molar refractivity (Wildman–Crippen MR) is 144 cm³/mol. The topological polar surface area (TPSA) is 113 Å². The lowest BCUT2D eigenvalue weighted by molar-refractivity contribution is -0.193. The number of fused-ring (bicyclic) bond motifs is 1. The van der Waals surface area contributed by atoms with Crippen LogP contribution in [-0.2, 0) is 20.9 Å². The summed E-state index contributed by atoms with van der Waals surface area (Å²) in [6, 6.07) is 3.55. The van der Waals surface area contributed by atoms with Crippen molar-refractivity contribution in [2.24, 2.45) is 39.9 Å². The largest absolute Gasteiger partial charge is 0.492 e. The number of carbonyl (C=O) groups is 2. The summed E-state index contributed by atoms with van der Waals surface area (Å²) >= 11 is 0. The Morgan fingerprint density at radius 3 is 2.66 bits per heavy atom. The molecule has 1 aliphatic heterocycles. The van der Waals surface area contributed by atoms with Crippen LogP contribution in [0.4, 0.5) is 0 Å². The normalized spacial score (nSPS) is 41.1. The molecule has 5 rings (SSSR count). The van der Waals surface area contributed by atoms with Gasteiger partial charge in [-0.25, -0.2) is 4.79 Å². The Balaban J connectivity index is 1.67. The zero-order valence-corrected chi connectivity index (χ0v) is 23.2. The maximum absolute atomic E-state index is 13.7. The lowest BCUT2D eigenvalue weighted by Crippen LogP contribution is -2.63. The number of Topliss-reactive ketones (excluding diaryl/α,β-unsaturated/α-hetero) is 1. The van der Waals surface area contributed by atoms with Crippen LogP contribution in [-0.4, -0.2) is 46.3 Å². The van der Waals surface area contributed by atoms with Gasteiger partial charge in [0.05, 0.1) is 12.7 Å². The minimum absolute atomic E-state index is 0.0889. The summed E-state index contributed by atoms with van der Waals surface area (Å²) in [7, 11) is -1.08. The summed E-state index contributed by atoms with van der Waals surface area (Å²) < 4.78 is 11.8. The van der Waals surface area contributed by atoms with Crippen LogP contribution < -0.4 is 10.2 Å². The van der Waals surface area contributed by atoms with Crippen LogP contribution >= 0.6 is 0 Å². The van der Waals surface area contributed by atoms with E-state index in [1.807, 2.05) is 6.92 Å². The van der Waals surface area contributed by atoms with Crippen LogP contribution in [0.3, 0.4) is 0 Å². The van der Waals surface area contributed by atoms with Crippen molar-refractivity contribution in [2.45, 2.75) is 85.5 Å². The summed E-state index contributed by atoms with van der Waals surface area (Å²) in [5.74, 6) is -1.48. The Kier molecular flexibility index (Phi) is 6.64. The Bertz CT molecular complexity index is 1170. The number of carbonyl (C=O) groups excluding carboxylic acids is 1. The van der Waals surface area contributed by atoms with E-state index in [9.17, 15) is 24.8 Å². The number of carboxylic acids is 1. The first-order valence-electron chi connectivity index (χ1n) is 14.0. The van der Waals surface area contributed by atoms with Gasteiger partial charge in [-0.05, 0) is 77.9 Å². The Morgan fingerprint density at radius 1 is 1.29 bits per heavy atom. The lowest BCUT2D eigenvalue weighted by atomic mass is 9.41. The molecule has 2 bridgehead atoms.